The second kappa shape index (κ2) is 8.34. The van der Waals surface area contributed by atoms with Gasteiger partial charge in [0.15, 0.2) is 0 Å². The highest BCUT2D eigenvalue weighted by Crippen LogP contribution is 2.14. The maximum atomic E-state index is 11.7. The molecule has 2 amide bonds. The van der Waals surface area contributed by atoms with Gasteiger partial charge in [-0.3, -0.25) is 0 Å². The molecule has 6 heteroatoms. The zero-order valence-corrected chi connectivity index (χ0v) is 13.8. The van der Waals surface area contributed by atoms with Gasteiger partial charge >= 0.3 is 6.03 Å². The Kier molecular flexibility index (Phi) is 6.45. The van der Waals surface area contributed by atoms with E-state index in [4.69, 9.17) is 0 Å². The molecular weight excluding hydrogens is 284 g/mol. The van der Waals surface area contributed by atoms with Crippen LogP contribution in [0.15, 0.2) is 5.38 Å². The molecule has 1 fully saturated rings. The van der Waals surface area contributed by atoms with E-state index < -0.39 is 0 Å². The molecule has 2 heterocycles. The largest absolute Gasteiger partial charge is 0.338 e. The van der Waals surface area contributed by atoms with E-state index in [1.807, 2.05) is 12.3 Å². The molecule has 118 valence electrons. The summed E-state index contributed by atoms with van der Waals surface area (Å²) in [4.78, 5) is 18.5. The molecule has 0 saturated carbocycles. The number of amides is 2. The fraction of sp³-hybridized carbons (Fsp3) is 0.733. The van der Waals surface area contributed by atoms with Crippen LogP contribution in [-0.2, 0) is 6.42 Å². The predicted octanol–water partition coefficient (Wildman–Crippen LogP) is 2.03. The predicted molar refractivity (Wildman–Crippen MR) is 86.8 cm³/mol. The summed E-state index contributed by atoms with van der Waals surface area (Å²) in [5.74, 6) is 0.786. The fourth-order valence-electron chi connectivity index (χ4n) is 2.71. The summed E-state index contributed by atoms with van der Waals surface area (Å²) in [6, 6.07) is -0.0768. The molecule has 0 aromatic carbocycles. The summed E-state index contributed by atoms with van der Waals surface area (Å²) in [6.07, 6.45) is 3.41. The molecular formula is C15H26N4OS. The number of likely N-dealkylation sites (tertiary alicyclic amines) is 1. The standard InChI is InChI=1S/C15H26N4OS/c1-12-4-3-8-19(10-12)9-7-17-15(20)16-6-5-14-11-21-13(2)18-14/h11-12H,3-10H2,1-2H3,(H2,16,17,20)/t12-/m1/s1. The Morgan fingerprint density at radius 2 is 2.29 bits per heavy atom. The second-order valence-corrected chi connectivity index (χ2v) is 6.90. The van der Waals surface area contributed by atoms with Gasteiger partial charge in [-0.1, -0.05) is 6.92 Å². The van der Waals surface area contributed by atoms with Crippen molar-refractivity contribution in [2.45, 2.75) is 33.1 Å². The zero-order chi connectivity index (χ0) is 15.1. The van der Waals surface area contributed by atoms with Gasteiger partial charge in [-0.25, -0.2) is 9.78 Å². The van der Waals surface area contributed by atoms with E-state index in [-0.39, 0.29) is 6.03 Å². The first kappa shape index (κ1) is 16.2. The molecule has 21 heavy (non-hydrogen) atoms. The normalized spacial score (nSPS) is 19.4. The minimum Gasteiger partial charge on any atom is -0.338 e. The summed E-state index contributed by atoms with van der Waals surface area (Å²) in [5.41, 5.74) is 1.06. The molecule has 5 nitrogen and oxygen atoms in total. The van der Waals surface area contributed by atoms with Crippen molar-refractivity contribution in [3.05, 3.63) is 16.1 Å². The number of aromatic nitrogens is 1. The minimum absolute atomic E-state index is 0.0768. The summed E-state index contributed by atoms with van der Waals surface area (Å²) in [5, 5.41) is 8.93. The van der Waals surface area contributed by atoms with Crippen LogP contribution in [0.5, 0.6) is 0 Å². The van der Waals surface area contributed by atoms with Gasteiger partial charge in [-0.2, -0.15) is 0 Å². The summed E-state index contributed by atoms with van der Waals surface area (Å²) in [7, 11) is 0. The quantitative estimate of drug-likeness (QED) is 0.845. The lowest BCUT2D eigenvalue weighted by Gasteiger charge is -2.30. The number of aryl methyl sites for hydroxylation is 1. The molecule has 1 atom stereocenters. The van der Waals surface area contributed by atoms with Crippen LogP contribution < -0.4 is 10.6 Å². The molecule has 2 rings (SSSR count). The van der Waals surface area contributed by atoms with Crippen LogP contribution in [0.25, 0.3) is 0 Å². The van der Waals surface area contributed by atoms with Crippen molar-refractivity contribution < 1.29 is 4.79 Å². The van der Waals surface area contributed by atoms with E-state index in [1.165, 1.54) is 12.8 Å². The molecule has 1 aliphatic rings. The van der Waals surface area contributed by atoms with E-state index in [1.54, 1.807) is 11.3 Å². The van der Waals surface area contributed by atoms with Gasteiger partial charge in [0.1, 0.15) is 0 Å². The molecule has 0 aliphatic carbocycles. The Labute approximate surface area is 131 Å². The number of urea groups is 1. The lowest BCUT2D eigenvalue weighted by molar-refractivity contribution is 0.184. The van der Waals surface area contributed by atoms with E-state index >= 15 is 0 Å². The van der Waals surface area contributed by atoms with Crippen LogP contribution in [0, 0.1) is 12.8 Å². The minimum atomic E-state index is -0.0768. The first-order chi connectivity index (χ1) is 10.1. The average molecular weight is 310 g/mol. The second-order valence-electron chi connectivity index (χ2n) is 5.84. The summed E-state index contributed by atoms with van der Waals surface area (Å²) >= 11 is 1.65. The van der Waals surface area contributed by atoms with Crippen molar-refractivity contribution in [3.8, 4) is 0 Å². The van der Waals surface area contributed by atoms with Gasteiger partial charge in [0, 0.05) is 38.0 Å². The number of nitrogens with one attached hydrogen (secondary N) is 2. The van der Waals surface area contributed by atoms with Crippen molar-refractivity contribution in [1.29, 1.82) is 0 Å². The third kappa shape index (κ3) is 6.01. The molecule has 2 N–H and O–H groups in total. The van der Waals surface area contributed by atoms with Gasteiger partial charge in [0.25, 0.3) is 0 Å². The number of hydrogen-bond acceptors (Lipinski definition) is 4. The molecule has 1 aromatic heterocycles. The number of rotatable bonds is 6. The molecule has 1 aromatic rings. The number of carbonyl (C=O) groups is 1. The number of thiazole rings is 1. The van der Waals surface area contributed by atoms with Crippen LogP contribution in [0.2, 0.25) is 0 Å². The topological polar surface area (TPSA) is 57.3 Å². The van der Waals surface area contributed by atoms with Crippen LogP contribution >= 0.6 is 11.3 Å². The van der Waals surface area contributed by atoms with Crippen molar-refractivity contribution in [3.63, 3.8) is 0 Å². The number of carbonyl (C=O) groups excluding carboxylic acids is 1. The molecule has 1 saturated heterocycles. The number of nitrogens with zero attached hydrogens (tertiary/aromatic N) is 2. The first-order valence-electron chi connectivity index (χ1n) is 7.78. The van der Waals surface area contributed by atoms with Crippen LogP contribution in [0.4, 0.5) is 4.79 Å². The third-order valence-electron chi connectivity index (χ3n) is 3.79. The van der Waals surface area contributed by atoms with Gasteiger partial charge in [-0.15, -0.1) is 11.3 Å². The molecule has 0 radical (unpaired) electrons. The van der Waals surface area contributed by atoms with Crippen molar-refractivity contribution in [1.82, 2.24) is 20.5 Å². The molecule has 0 spiro atoms. The maximum absolute atomic E-state index is 11.7. The van der Waals surface area contributed by atoms with Gasteiger partial charge in [-0.05, 0) is 32.2 Å². The van der Waals surface area contributed by atoms with Crippen molar-refractivity contribution in [2.75, 3.05) is 32.7 Å². The Morgan fingerprint density at radius 1 is 1.48 bits per heavy atom. The van der Waals surface area contributed by atoms with Gasteiger partial charge < -0.3 is 15.5 Å². The van der Waals surface area contributed by atoms with E-state index in [9.17, 15) is 4.79 Å². The summed E-state index contributed by atoms with van der Waals surface area (Å²) in [6.45, 7) is 8.92. The van der Waals surface area contributed by atoms with Crippen LogP contribution in [0.3, 0.4) is 0 Å². The van der Waals surface area contributed by atoms with E-state index in [0.29, 0.717) is 13.1 Å². The SMILES string of the molecule is Cc1nc(CCNC(=O)NCCN2CCC[C@@H](C)C2)cs1. The number of hydrogen-bond donors (Lipinski definition) is 2. The molecule has 1 aliphatic heterocycles. The molecule has 0 bridgehead atoms. The first-order valence-corrected chi connectivity index (χ1v) is 8.66. The lowest BCUT2D eigenvalue weighted by Crippen LogP contribution is -2.43. The zero-order valence-electron chi connectivity index (χ0n) is 13.0. The Morgan fingerprint density at radius 3 is 3.00 bits per heavy atom. The third-order valence-corrected chi connectivity index (χ3v) is 4.61. The van der Waals surface area contributed by atoms with Crippen molar-refractivity contribution >= 4 is 17.4 Å². The van der Waals surface area contributed by atoms with Crippen LogP contribution in [0.1, 0.15) is 30.5 Å². The highest BCUT2D eigenvalue weighted by molar-refractivity contribution is 7.09. The van der Waals surface area contributed by atoms with E-state index in [2.05, 4.69) is 27.4 Å². The Balaban J connectivity index is 1.53. The Hall–Kier alpha value is -1.14. The smallest absolute Gasteiger partial charge is 0.314 e. The highest BCUT2D eigenvalue weighted by Gasteiger charge is 2.15. The number of piperidine rings is 1. The van der Waals surface area contributed by atoms with Gasteiger partial charge in [0.05, 0.1) is 10.7 Å². The van der Waals surface area contributed by atoms with Crippen molar-refractivity contribution in [2.24, 2.45) is 5.92 Å². The van der Waals surface area contributed by atoms with Crippen LogP contribution in [-0.4, -0.2) is 48.6 Å². The van der Waals surface area contributed by atoms with E-state index in [0.717, 1.165) is 42.7 Å². The summed E-state index contributed by atoms with van der Waals surface area (Å²) < 4.78 is 0. The average Bonchev–Trinajstić information content (AvgIpc) is 2.84. The Bertz CT molecular complexity index is 449. The highest BCUT2D eigenvalue weighted by atomic mass is 32.1. The maximum Gasteiger partial charge on any atom is 0.314 e. The fourth-order valence-corrected chi connectivity index (χ4v) is 3.35. The lowest BCUT2D eigenvalue weighted by atomic mass is 10.0. The van der Waals surface area contributed by atoms with Gasteiger partial charge in [0.2, 0.25) is 0 Å². The molecule has 0 unspecified atom stereocenters. The monoisotopic (exact) mass is 310 g/mol.